The van der Waals surface area contributed by atoms with Crippen LogP contribution in [0.15, 0.2) is 182 Å². The van der Waals surface area contributed by atoms with Gasteiger partial charge in [0.2, 0.25) is 0 Å². The summed E-state index contributed by atoms with van der Waals surface area (Å²) >= 11 is 0. The number of hydrogen-bond donors (Lipinski definition) is 0. The van der Waals surface area contributed by atoms with E-state index < -0.39 is 15.8 Å². The fourth-order valence-electron chi connectivity index (χ4n) is 4.36. The normalized spacial score (nSPS) is 10.1. The summed E-state index contributed by atoms with van der Waals surface area (Å²) in [5, 5.41) is 8.39. The Balaban J connectivity index is -0.000000678. The molecule has 0 radical (unpaired) electrons. The summed E-state index contributed by atoms with van der Waals surface area (Å²) in [4.78, 5) is 0. The fourth-order valence-corrected chi connectivity index (χ4v) is 8.97. The first-order valence-corrected chi connectivity index (χ1v) is 15.5. The minimum Gasteiger partial charge on any atom is -1.00 e. The zero-order chi connectivity index (χ0) is 25.8. The molecule has 0 N–H and O–H groups in total. The maximum Gasteiger partial charge on any atom is 4.00 e. The molecule has 0 heterocycles. The van der Waals surface area contributed by atoms with Crippen LogP contribution in [0.1, 0.15) is 7.13 Å². The second-order valence-corrected chi connectivity index (χ2v) is 13.1. The second kappa shape index (κ2) is 18.1. The van der Waals surface area contributed by atoms with Gasteiger partial charge in [-0.2, -0.15) is 0 Å². The van der Waals surface area contributed by atoms with Crippen molar-refractivity contribution >= 4 is 47.7 Å². The second-order valence-electron chi connectivity index (χ2n) is 8.68. The summed E-state index contributed by atoms with van der Waals surface area (Å²) in [6, 6.07) is 64.7. The minimum atomic E-state index is -0.446. The predicted octanol–water partition coefficient (Wildman–Crippen LogP) is 4.45. The molecule has 0 atom stereocenters. The van der Waals surface area contributed by atoms with E-state index in [2.05, 4.69) is 182 Å². The van der Waals surface area contributed by atoms with Gasteiger partial charge in [-0.25, -0.2) is 0 Å². The Morgan fingerprint density at radius 1 is 0.250 bits per heavy atom. The Morgan fingerprint density at radius 2 is 0.375 bits per heavy atom. The van der Waals surface area contributed by atoms with E-state index in [0.29, 0.717) is 0 Å². The molecule has 0 aliphatic carbocycles. The first kappa shape index (κ1) is 33.0. The van der Waals surface area contributed by atoms with Crippen LogP contribution in [0.2, 0.25) is 0 Å². The first-order chi connectivity index (χ1) is 18.9. The van der Waals surface area contributed by atoms with E-state index in [1.165, 1.54) is 31.8 Å². The predicted molar refractivity (Wildman–Crippen MR) is 176 cm³/mol. The first-order valence-electron chi connectivity index (χ1n) is 12.8. The molecule has 0 nitrogen and oxygen atoms in total. The van der Waals surface area contributed by atoms with E-state index in [0.717, 1.165) is 0 Å². The summed E-state index contributed by atoms with van der Waals surface area (Å²) in [5.41, 5.74) is 0. The van der Waals surface area contributed by atoms with Gasteiger partial charge >= 0.3 is 72.4 Å². The molecule has 0 spiro atoms. The van der Waals surface area contributed by atoms with Crippen molar-refractivity contribution in [1.29, 1.82) is 0 Å². The zero-order valence-corrected chi connectivity index (χ0v) is 29.7. The van der Waals surface area contributed by atoms with Gasteiger partial charge in [-0.05, 0) is 47.7 Å². The number of rotatable bonds is 6. The van der Waals surface area contributed by atoms with Gasteiger partial charge in [-0.3, -0.25) is 0 Å². The van der Waals surface area contributed by atoms with Crippen LogP contribution in [-0.2, 0) is 21.1 Å². The minimum absolute atomic E-state index is 0. The molecule has 0 unspecified atom stereocenters. The molecule has 0 saturated heterocycles. The SMILES string of the molecule is [H-].[H-].[H-].[H-].[H-].[K+].[Pt+4].c1ccc(P(c2ccccc2)c2ccccc2)cc1.c1ccc(P(c2ccccc2)c2ccccc2)cc1. The Kier molecular flexibility index (Phi) is 15.0. The van der Waals surface area contributed by atoms with Crippen LogP contribution in [0.4, 0.5) is 0 Å². The molecule has 0 amide bonds. The van der Waals surface area contributed by atoms with Gasteiger partial charge in [-0.1, -0.05) is 182 Å². The molecule has 6 aromatic rings. The van der Waals surface area contributed by atoms with Gasteiger partial charge in [0.15, 0.2) is 0 Å². The van der Waals surface area contributed by atoms with Crippen LogP contribution >= 0.6 is 15.8 Å². The molecular formula is C36H35KP2Pt. The van der Waals surface area contributed by atoms with Crippen molar-refractivity contribution in [3.8, 4) is 0 Å². The average molecular weight is 764 g/mol. The van der Waals surface area contributed by atoms with E-state index in [4.69, 9.17) is 0 Å². The van der Waals surface area contributed by atoms with Gasteiger partial charge in [0.05, 0.1) is 0 Å². The standard InChI is InChI=1S/2C18H15P.K.Pt.5H/c2*1-4-10-16(11-5-1)19(17-12-6-2-7-13-17)18-14-8-3-9-15-18;;;;;;;/h2*1-15H;;;;;;;/q;;+1;+4;5*-1. The maximum atomic E-state index is 2.23. The smallest absolute Gasteiger partial charge is 1.00 e. The molecule has 0 aliphatic rings. The summed E-state index contributed by atoms with van der Waals surface area (Å²) in [6.45, 7) is 0. The van der Waals surface area contributed by atoms with Gasteiger partial charge in [-0.15, -0.1) is 0 Å². The van der Waals surface area contributed by atoms with Crippen LogP contribution in [0.25, 0.3) is 0 Å². The maximum absolute atomic E-state index is 2.23. The van der Waals surface area contributed by atoms with Crippen molar-refractivity contribution in [2.75, 3.05) is 0 Å². The molecular weight excluding hydrogens is 729 g/mol. The number of benzene rings is 6. The Labute approximate surface area is 305 Å². The topological polar surface area (TPSA) is 0 Å². The fraction of sp³-hybridized carbons (Fsp3) is 0. The number of hydrogen-bond acceptors (Lipinski definition) is 0. The van der Waals surface area contributed by atoms with E-state index >= 15 is 0 Å². The van der Waals surface area contributed by atoms with Gasteiger partial charge < -0.3 is 7.13 Å². The van der Waals surface area contributed by atoms with E-state index in [9.17, 15) is 0 Å². The van der Waals surface area contributed by atoms with Crippen molar-refractivity contribution < 1.29 is 79.6 Å². The van der Waals surface area contributed by atoms with Crippen molar-refractivity contribution in [2.45, 2.75) is 0 Å². The van der Waals surface area contributed by atoms with Crippen LogP contribution in [0.3, 0.4) is 0 Å². The van der Waals surface area contributed by atoms with E-state index in [-0.39, 0.29) is 79.6 Å². The van der Waals surface area contributed by atoms with Gasteiger partial charge in [0, 0.05) is 0 Å². The monoisotopic (exact) mass is 763 g/mol. The molecule has 0 aromatic heterocycles. The largest absolute Gasteiger partial charge is 4.00 e. The van der Waals surface area contributed by atoms with Crippen molar-refractivity contribution in [1.82, 2.24) is 0 Å². The Hall–Kier alpha value is -1.50. The Morgan fingerprint density at radius 3 is 0.500 bits per heavy atom. The summed E-state index contributed by atoms with van der Waals surface area (Å²) in [7, 11) is -0.892. The van der Waals surface area contributed by atoms with Crippen LogP contribution in [0, 0.1) is 0 Å². The molecule has 0 fully saturated rings. The third kappa shape index (κ3) is 9.26. The molecule has 6 aromatic carbocycles. The summed E-state index contributed by atoms with van der Waals surface area (Å²) in [6.07, 6.45) is 0. The summed E-state index contributed by atoms with van der Waals surface area (Å²) < 4.78 is 0. The van der Waals surface area contributed by atoms with Crippen molar-refractivity contribution in [3.05, 3.63) is 182 Å². The third-order valence-electron chi connectivity index (χ3n) is 6.09. The molecule has 0 saturated carbocycles. The van der Waals surface area contributed by atoms with Gasteiger partial charge in [0.1, 0.15) is 0 Å². The molecule has 40 heavy (non-hydrogen) atoms. The molecule has 4 heteroatoms. The third-order valence-corrected chi connectivity index (χ3v) is 11.0. The zero-order valence-electron chi connectivity index (χ0n) is 27.5. The van der Waals surface area contributed by atoms with E-state index in [1.807, 2.05) is 0 Å². The molecule has 0 aliphatic heterocycles. The molecule has 6 rings (SSSR count). The van der Waals surface area contributed by atoms with Crippen molar-refractivity contribution in [3.63, 3.8) is 0 Å². The van der Waals surface area contributed by atoms with Crippen molar-refractivity contribution in [2.24, 2.45) is 0 Å². The quantitative estimate of drug-likeness (QED) is 0.174. The molecule has 200 valence electrons. The summed E-state index contributed by atoms with van der Waals surface area (Å²) in [5.74, 6) is 0. The average Bonchev–Trinajstić information content (AvgIpc) is 3.01. The van der Waals surface area contributed by atoms with Crippen LogP contribution in [-0.4, -0.2) is 0 Å². The van der Waals surface area contributed by atoms with E-state index in [1.54, 1.807) is 0 Å². The Bertz CT molecular complexity index is 1200. The van der Waals surface area contributed by atoms with Crippen LogP contribution in [0.5, 0.6) is 0 Å². The van der Waals surface area contributed by atoms with Gasteiger partial charge in [0.25, 0.3) is 0 Å². The molecule has 0 bridgehead atoms. The van der Waals surface area contributed by atoms with Crippen LogP contribution < -0.4 is 83.2 Å².